The lowest BCUT2D eigenvalue weighted by Gasteiger charge is -2.26. The molecule has 0 N–H and O–H groups in total. The molecule has 2 atom stereocenters. The van der Waals surface area contributed by atoms with Crippen molar-refractivity contribution in [2.45, 2.75) is 31.5 Å². The van der Waals surface area contributed by atoms with E-state index in [9.17, 15) is 18.0 Å². The van der Waals surface area contributed by atoms with Gasteiger partial charge in [0.25, 0.3) is 0 Å². The number of amides is 1. The van der Waals surface area contributed by atoms with Crippen molar-refractivity contribution in [2.24, 2.45) is 0 Å². The van der Waals surface area contributed by atoms with Gasteiger partial charge in [-0.05, 0) is 18.1 Å². The van der Waals surface area contributed by atoms with Crippen molar-refractivity contribution < 1.29 is 18.0 Å². The highest BCUT2D eigenvalue weighted by Crippen LogP contribution is 2.39. The normalized spacial score (nSPS) is 25.6. The van der Waals surface area contributed by atoms with E-state index in [1.807, 2.05) is 29.2 Å². The van der Waals surface area contributed by atoms with Crippen LogP contribution in [0, 0.1) is 0 Å². The fourth-order valence-corrected chi connectivity index (χ4v) is 3.34. The van der Waals surface area contributed by atoms with Crippen LogP contribution in [-0.4, -0.2) is 42.7 Å². The molecule has 0 bridgehead atoms. The fraction of sp³-hybridized carbons (Fsp3) is 0.533. The van der Waals surface area contributed by atoms with E-state index >= 15 is 0 Å². The molecule has 2 aliphatic heterocycles. The van der Waals surface area contributed by atoms with Crippen LogP contribution < -0.4 is 4.90 Å². The highest BCUT2D eigenvalue weighted by Gasteiger charge is 2.43. The van der Waals surface area contributed by atoms with Crippen molar-refractivity contribution in [3.63, 3.8) is 0 Å². The van der Waals surface area contributed by atoms with Crippen molar-refractivity contribution >= 4 is 11.6 Å². The largest absolute Gasteiger partial charge is 0.406 e. The monoisotopic (exact) mass is 298 g/mol. The van der Waals surface area contributed by atoms with Crippen LogP contribution in [0.1, 0.15) is 24.8 Å². The molecule has 114 valence electrons. The Morgan fingerprint density at radius 3 is 2.71 bits per heavy atom. The highest BCUT2D eigenvalue weighted by molar-refractivity contribution is 5.88. The number of nitrogens with zero attached hydrogens (tertiary/aromatic N) is 2. The highest BCUT2D eigenvalue weighted by atomic mass is 19.4. The van der Waals surface area contributed by atoms with Crippen molar-refractivity contribution in [1.82, 2.24) is 4.90 Å². The van der Waals surface area contributed by atoms with E-state index in [4.69, 9.17) is 0 Å². The molecular formula is C15H17F3N2O. The number of hydrogen-bond donors (Lipinski definition) is 0. The van der Waals surface area contributed by atoms with E-state index in [2.05, 4.69) is 6.92 Å². The van der Waals surface area contributed by atoms with E-state index in [0.717, 1.165) is 10.6 Å². The second kappa shape index (κ2) is 4.93. The van der Waals surface area contributed by atoms with Gasteiger partial charge in [-0.2, -0.15) is 13.2 Å². The molecule has 0 radical (unpaired) electrons. The number of para-hydroxylation sites is 1. The Morgan fingerprint density at radius 1 is 1.29 bits per heavy atom. The van der Waals surface area contributed by atoms with Crippen LogP contribution in [0.3, 0.4) is 0 Å². The van der Waals surface area contributed by atoms with Crippen LogP contribution in [0.5, 0.6) is 0 Å². The summed E-state index contributed by atoms with van der Waals surface area (Å²) >= 11 is 0. The number of fused-ring (bicyclic) bond motifs is 1. The van der Waals surface area contributed by atoms with Gasteiger partial charge in [-0.3, -0.25) is 4.79 Å². The van der Waals surface area contributed by atoms with Gasteiger partial charge in [0, 0.05) is 24.7 Å². The Balaban J connectivity index is 1.79. The van der Waals surface area contributed by atoms with Crippen molar-refractivity contribution in [3.05, 3.63) is 29.8 Å². The number of rotatable bonds is 2. The summed E-state index contributed by atoms with van der Waals surface area (Å²) in [4.78, 5) is 15.2. The first-order chi connectivity index (χ1) is 9.87. The Morgan fingerprint density at radius 2 is 2.00 bits per heavy atom. The lowest BCUT2D eigenvalue weighted by Crippen LogP contribution is -2.43. The van der Waals surface area contributed by atoms with Crippen LogP contribution in [0.15, 0.2) is 24.3 Å². The molecule has 0 spiro atoms. The third-order valence-electron chi connectivity index (χ3n) is 4.26. The summed E-state index contributed by atoms with van der Waals surface area (Å²) in [5.74, 6) is -0.109. The number of anilines is 1. The summed E-state index contributed by atoms with van der Waals surface area (Å²) in [5, 5.41) is 0. The zero-order chi connectivity index (χ0) is 15.2. The van der Waals surface area contributed by atoms with Crippen molar-refractivity contribution in [2.75, 3.05) is 24.5 Å². The lowest BCUT2D eigenvalue weighted by molar-refractivity contribution is -0.157. The zero-order valence-electron chi connectivity index (χ0n) is 11.7. The molecule has 3 rings (SSSR count). The Bertz CT molecular complexity index is 558. The van der Waals surface area contributed by atoms with Gasteiger partial charge >= 0.3 is 6.18 Å². The number of likely N-dealkylation sites (tertiary alicyclic amines) is 1. The molecule has 3 nitrogen and oxygen atoms in total. The maximum Gasteiger partial charge on any atom is 0.406 e. The molecule has 0 saturated carbocycles. The third kappa shape index (κ3) is 2.59. The molecule has 0 aromatic heterocycles. The smallest absolute Gasteiger partial charge is 0.359 e. The summed E-state index contributed by atoms with van der Waals surface area (Å²) < 4.78 is 37.4. The first-order valence-corrected chi connectivity index (χ1v) is 7.08. The first-order valence-electron chi connectivity index (χ1n) is 7.08. The number of carbonyl (C=O) groups excluding carboxylic acids is 1. The molecule has 2 unspecified atom stereocenters. The van der Waals surface area contributed by atoms with E-state index < -0.39 is 24.7 Å². The van der Waals surface area contributed by atoms with Gasteiger partial charge in [-0.25, -0.2) is 0 Å². The second-order valence-electron chi connectivity index (χ2n) is 5.79. The third-order valence-corrected chi connectivity index (χ3v) is 4.26. The SMILES string of the molecule is CC1CN(C2CCN(CC(F)(F)F)C2=O)c2ccccc21. The van der Waals surface area contributed by atoms with Gasteiger partial charge in [0.15, 0.2) is 0 Å². The summed E-state index contributed by atoms with van der Waals surface area (Å²) in [5.41, 5.74) is 2.15. The molecular weight excluding hydrogens is 281 g/mol. The lowest BCUT2D eigenvalue weighted by atomic mass is 10.0. The van der Waals surface area contributed by atoms with E-state index in [1.54, 1.807) is 0 Å². The number of halogens is 3. The van der Waals surface area contributed by atoms with Crippen LogP contribution in [0.4, 0.5) is 18.9 Å². The molecule has 6 heteroatoms. The quantitative estimate of drug-likeness (QED) is 0.838. The molecule has 21 heavy (non-hydrogen) atoms. The number of carbonyl (C=O) groups is 1. The standard InChI is InChI=1S/C15H17F3N2O/c1-10-8-20(12-5-3-2-4-11(10)12)13-6-7-19(14(13)21)9-15(16,17)18/h2-5,10,13H,6-9H2,1H3. The van der Waals surface area contributed by atoms with E-state index in [0.29, 0.717) is 18.9 Å². The number of benzene rings is 1. The minimum Gasteiger partial charge on any atom is -0.359 e. The summed E-state index contributed by atoms with van der Waals surface area (Å²) in [6.45, 7) is 1.80. The van der Waals surface area contributed by atoms with Gasteiger partial charge in [0.2, 0.25) is 5.91 Å². The summed E-state index contributed by atoms with van der Waals surface area (Å²) in [6.07, 6.45) is -3.88. The van der Waals surface area contributed by atoms with E-state index in [-0.39, 0.29) is 6.54 Å². The molecule has 2 aliphatic rings. The molecule has 1 amide bonds. The summed E-state index contributed by atoms with van der Waals surface area (Å²) in [7, 11) is 0. The average Bonchev–Trinajstić information content (AvgIpc) is 2.91. The molecule has 1 aromatic rings. The predicted octanol–water partition coefficient (Wildman–Crippen LogP) is 2.77. The predicted molar refractivity (Wildman–Crippen MR) is 73.2 cm³/mol. The van der Waals surface area contributed by atoms with Gasteiger partial charge in [-0.1, -0.05) is 25.1 Å². The van der Waals surface area contributed by atoms with Crippen LogP contribution in [0.2, 0.25) is 0 Å². The zero-order valence-corrected chi connectivity index (χ0v) is 11.7. The molecule has 0 aliphatic carbocycles. The average molecular weight is 298 g/mol. The van der Waals surface area contributed by atoms with Gasteiger partial charge in [-0.15, -0.1) is 0 Å². The maximum absolute atomic E-state index is 12.5. The molecule has 1 aromatic carbocycles. The van der Waals surface area contributed by atoms with Crippen LogP contribution >= 0.6 is 0 Å². The first kappa shape index (κ1) is 14.2. The number of alkyl halides is 3. The van der Waals surface area contributed by atoms with Gasteiger partial charge in [0.05, 0.1) is 0 Å². The number of hydrogen-bond acceptors (Lipinski definition) is 2. The Hall–Kier alpha value is -1.72. The Labute approximate surface area is 121 Å². The van der Waals surface area contributed by atoms with Gasteiger partial charge < -0.3 is 9.80 Å². The van der Waals surface area contributed by atoms with Gasteiger partial charge in [0.1, 0.15) is 12.6 Å². The molecule has 1 saturated heterocycles. The van der Waals surface area contributed by atoms with Crippen molar-refractivity contribution in [1.29, 1.82) is 0 Å². The second-order valence-corrected chi connectivity index (χ2v) is 5.79. The fourth-order valence-electron chi connectivity index (χ4n) is 3.34. The Kier molecular flexibility index (Phi) is 3.34. The maximum atomic E-state index is 12.5. The van der Waals surface area contributed by atoms with Crippen molar-refractivity contribution in [3.8, 4) is 0 Å². The summed E-state index contributed by atoms with van der Waals surface area (Å²) in [6, 6.07) is 7.35. The minimum atomic E-state index is -4.33. The molecule has 2 heterocycles. The van der Waals surface area contributed by atoms with Crippen LogP contribution in [-0.2, 0) is 4.79 Å². The topological polar surface area (TPSA) is 23.6 Å². The van der Waals surface area contributed by atoms with E-state index in [1.165, 1.54) is 5.56 Å². The molecule has 1 fully saturated rings. The minimum absolute atomic E-state index is 0.177. The van der Waals surface area contributed by atoms with Crippen LogP contribution in [0.25, 0.3) is 0 Å².